The Balaban J connectivity index is 1.34. The molecule has 10 nitrogen and oxygen atoms in total. The molecule has 2 fully saturated rings. The molecule has 3 atom stereocenters. The second-order valence-corrected chi connectivity index (χ2v) is 10.9. The van der Waals surface area contributed by atoms with E-state index in [1.165, 1.54) is 6.08 Å². The third-order valence-electron chi connectivity index (χ3n) is 8.42. The van der Waals surface area contributed by atoms with Crippen molar-refractivity contribution in [3.63, 3.8) is 0 Å². The first-order valence-electron chi connectivity index (χ1n) is 13.8. The highest BCUT2D eigenvalue weighted by Crippen LogP contribution is 2.46. The van der Waals surface area contributed by atoms with Crippen molar-refractivity contribution < 1.29 is 19.0 Å². The van der Waals surface area contributed by atoms with E-state index in [0.29, 0.717) is 43.4 Å². The van der Waals surface area contributed by atoms with Gasteiger partial charge in [0.2, 0.25) is 11.7 Å². The molecule has 0 spiro atoms. The number of carbonyl (C=O) groups is 1. The van der Waals surface area contributed by atoms with Crippen LogP contribution in [0.5, 0.6) is 17.6 Å². The SMILES string of the molecule is C=CC(=O)N1CCC(c2nc(OC[C@@H]3CCCN3C)nc3c2O[C@@H](C)C(c2c(C)ccc4[nH]ncc24)O3)CC1. The number of H-pyrrole nitrogens is 1. The Bertz CT molecular complexity index is 1380. The minimum atomic E-state index is -0.373. The number of ether oxygens (including phenoxy) is 3. The highest BCUT2D eigenvalue weighted by Gasteiger charge is 2.38. The Morgan fingerprint density at radius 1 is 1.21 bits per heavy atom. The number of piperidine rings is 1. The van der Waals surface area contributed by atoms with E-state index >= 15 is 0 Å². The van der Waals surface area contributed by atoms with Crippen LogP contribution in [0.1, 0.15) is 61.4 Å². The molecular weight excluding hydrogens is 496 g/mol. The number of aryl methyl sites for hydroxylation is 1. The molecule has 3 aromatic rings. The fourth-order valence-corrected chi connectivity index (χ4v) is 6.10. The predicted molar refractivity (Wildman–Crippen MR) is 146 cm³/mol. The maximum absolute atomic E-state index is 12.2. The van der Waals surface area contributed by atoms with Crippen LogP contribution in [0, 0.1) is 6.92 Å². The van der Waals surface area contributed by atoms with Gasteiger partial charge in [0.15, 0.2) is 6.10 Å². The number of aromatic amines is 1. The van der Waals surface area contributed by atoms with Crippen molar-refractivity contribution in [2.75, 3.05) is 33.3 Å². The Kier molecular flexibility index (Phi) is 6.88. The molecule has 39 heavy (non-hydrogen) atoms. The van der Waals surface area contributed by atoms with Gasteiger partial charge in [0, 0.05) is 36.0 Å². The maximum Gasteiger partial charge on any atom is 0.320 e. The van der Waals surface area contributed by atoms with Gasteiger partial charge in [-0.15, -0.1) is 0 Å². The number of hydrogen-bond donors (Lipinski definition) is 1. The van der Waals surface area contributed by atoms with E-state index in [1.54, 1.807) is 0 Å². The number of aromatic nitrogens is 4. The summed E-state index contributed by atoms with van der Waals surface area (Å²) in [6.07, 6.45) is 6.35. The molecular formula is C29H36N6O4. The van der Waals surface area contributed by atoms with Crippen LogP contribution < -0.4 is 14.2 Å². The van der Waals surface area contributed by atoms with Gasteiger partial charge < -0.3 is 24.0 Å². The summed E-state index contributed by atoms with van der Waals surface area (Å²) in [5.41, 5.74) is 3.88. The monoisotopic (exact) mass is 532 g/mol. The third kappa shape index (κ3) is 4.82. The quantitative estimate of drug-likeness (QED) is 0.476. The summed E-state index contributed by atoms with van der Waals surface area (Å²) >= 11 is 0. The van der Waals surface area contributed by atoms with Crippen LogP contribution in [0.4, 0.5) is 0 Å². The maximum atomic E-state index is 12.2. The summed E-state index contributed by atoms with van der Waals surface area (Å²) in [7, 11) is 2.13. The number of likely N-dealkylation sites (N-methyl/N-ethyl adjacent to an activating group) is 1. The Labute approximate surface area is 228 Å². The number of amides is 1. The van der Waals surface area contributed by atoms with E-state index in [-0.39, 0.29) is 24.0 Å². The molecule has 3 aliphatic heterocycles. The lowest BCUT2D eigenvalue weighted by Gasteiger charge is -2.36. The van der Waals surface area contributed by atoms with Gasteiger partial charge in [0.05, 0.1) is 17.4 Å². The molecule has 0 saturated carbocycles. The zero-order valence-electron chi connectivity index (χ0n) is 22.9. The summed E-state index contributed by atoms with van der Waals surface area (Å²) in [6.45, 7) is 10.6. The number of benzene rings is 1. The first-order valence-corrected chi connectivity index (χ1v) is 13.8. The molecule has 6 rings (SSSR count). The number of likely N-dealkylation sites (tertiary alicyclic amines) is 2. The molecule has 0 radical (unpaired) electrons. The molecule has 1 amide bonds. The van der Waals surface area contributed by atoms with Crippen LogP contribution in [-0.4, -0.2) is 81.3 Å². The number of fused-ring (bicyclic) bond motifs is 2. The van der Waals surface area contributed by atoms with Crippen molar-refractivity contribution in [2.45, 2.75) is 63.7 Å². The van der Waals surface area contributed by atoms with Crippen molar-refractivity contribution in [3.05, 3.63) is 47.8 Å². The van der Waals surface area contributed by atoms with E-state index < -0.39 is 0 Å². The highest BCUT2D eigenvalue weighted by atomic mass is 16.6. The molecule has 2 saturated heterocycles. The van der Waals surface area contributed by atoms with Crippen molar-refractivity contribution in [2.24, 2.45) is 0 Å². The van der Waals surface area contributed by atoms with Gasteiger partial charge in [-0.1, -0.05) is 12.6 Å². The molecule has 0 aliphatic carbocycles. The standard InChI is InChI=1S/C29H36N6O4/c1-5-23(36)35-13-10-19(11-14-35)25-27-28(32-29(31-25)37-16-20-7-6-12-34(20)4)39-26(18(3)38-27)24-17(2)8-9-22-21(24)15-30-33-22/h5,8-9,15,18-20,26H,1,6-7,10-14,16H2,2-4H3,(H,30,33)/t18-,20-,26?/m0/s1. The first-order chi connectivity index (χ1) is 18.9. The number of carbonyl (C=O) groups excluding carboxylic acids is 1. The minimum Gasteiger partial charge on any atom is -0.479 e. The van der Waals surface area contributed by atoms with Crippen LogP contribution in [0.15, 0.2) is 31.0 Å². The average Bonchev–Trinajstić information content (AvgIpc) is 3.59. The summed E-state index contributed by atoms with van der Waals surface area (Å²) in [5.74, 6) is 1.04. The smallest absolute Gasteiger partial charge is 0.320 e. The van der Waals surface area contributed by atoms with Crippen molar-refractivity contribution >= 4 is 16.8 Å². The summed E-state index contributed by atoms with van der Waals surface area (Å²) in [6, 6.07) is 4.74. The van der Waals surface area contributed by atoms with Gasteiger partial charge in [0.25, 0.3) is 5.88 Å². The minimum absolute atomic E-state index is 0.0392. The first kappa shape index (κ1) is 25.6. The fraction of sp³-hybridized carbons (Fsp3) is 0.517. The van der Waals surface area contributed by atoms with Crippen LogP contribution >= 0.6 is 0 Å². The largest absolute Gasteiger partial charge is 0.479 e. The fourth-order valence-electron chi connectivity index (χ4n) is 6.10. The van der Waals surface area contributed by atoms with E-state index in [2.05, 4.69) is 41.7 Å². The highest BCUT2D eigenvalue weighted by molar-refractivity contribution is 5.87. The molecule has 2 aromatic heterocycles. The number of hydrogen-bond acceptors (Lipinski definition) is 8. The van der Waals surface area contributed by atoms with Gasteiger partial charge in [-0.2, -0.15) is 15.1 Å². The van der Waals surface area contributed by atoms with Crippen molar-refractivity contribution in [3.8, 4) is 17.6 Å². The Hall–Kier alpha value is -3.66. The van der Waals surface area contributed by atoms with E-state index in [1.807, 2.05) is 24.1 Å². The van der Waals surface area contributed by atoms with Crippen LogP contribution in [0.2, 0.25) is 0 Å². The topological polar surface area (TPSA) is 106 Å². The van der Waals surface area contributed by atoms with E-state index in [9.17, 15) is 4.79 Å². The lowest BCUT2D eigenvalue weighted by Crippen LogP contribution is -2.38. The predicted octanol–water partition coefficient (Wildman–Crippen LogP) is 3.93. The molecule has 3 aliphatic rings. The average molecular weight is 533 g/mol. The van der Waals surface area contributed by atoms with Gasteiger partial charge in [-0.05, 0) is 70.8 Å². The Morgan fingerprint density at radius 2 is 2.03 bits per heavy atom. The van der Waals surface area contributed by atoms with Gasteiger partial charge >= 0.3 is 6.01 Å². The molecule has 206 valence electrons. The molecule has 0 bridgehead atoms. The molecule has 1 unspecified atom stereocenters. The van der Waals surface area contributed by atoms with Gasteiger partial charge in [-0.3, -0.25) is 9.89 Å². The zero-order chi connectivity index (χ0) is 27.1. The van der Waals surface area contributed by atoms with Crippen LogP contribution in [0.25, 0.3) is 10.9 Å². The van der Waals surface area contributed by atoms with Gasteiger partial charge in [0.1, 0.15) is 12.7 Å². The van der Waals surface area contributed by atoms with Crippen molar-refractivity contribution in [1.82, 2.24) is 30.0 Å². The van der Waals surface area contributed by atoms with Crippen molar-refractivity contribution in [1.29, 1.82) is 0 Å². The van der Waals surface area contributed by atoms with Crippen LogP contribution in [-0.2, 0) is 4.79 Å². The van der Waals surface area contributed by atoms with Gasteiger partial charge in [-0.25, -0.2) is 0 Å². The molecule has 10 heteroatoms. The van der Waals surface area contributed by atoms with E-state index in [4.69, 9.17) is 24.2 Å². The lowest BCUT2D eigenvalue weighted by atomic mass is 9.92. The number of nitrogens with one attached hydrogen (secondary N) is 1. The lowest BCUT2D eigenvalue weighted by molar-refractivity contribution is -0.127. The second-order valence-electron chi connectivity index (χ2n) is 10.9. The normalized spacial score (nSPS) is 23.8. The number of rotatable bonds is 6. The molecule has 5 heterocycles. The molecule has 1 aromatic carbocycles. The number of nitrogens with zero attached hydrogens (tertiary/aromatic N) is 5. The van der Waals surface area contributed by atoms with E-state index in [0.717, 1.165) is 60.0 Å². The molecule has 1 N–H and O–H groups in total. The summed E-state index contributed by atoms with van der Waals surface area (Å²) in [4.78, 5) is 25.9. The second kappa shape index (κ2) is 10.5. The summed E-state index contributed by atoms with van der Waals surface area (Å²) in [5, 5.41) is 8.31. The third-order valence-corrected chi connectivity index (χ3v) is 8.42. The Morgan fingerprint density at radius 3 is 2.77 bits per heavy atom. The zero-order valence-corrected chi connectivity index (χ0v) is 22.9. The van der Waals surface area contributed by atoms with Crippen LogP contribution in [0.3, 0.4) is 0 Å². The summed E-state index contributed by atoms with van der Waals surface area (Å²) < 4.78 is 19.4.